The van der Waals surface area contributed by atoms with E-state index in [9.17, 15) is 0 Å². The molecular weight excluding hydrogens is 184 g/mol. The Kier molecular flexibility index (Phi) is 1.67. The molecule has 0 atom stereocenters. The van der Waals surface area contributed by atoms with Crippen molar-refractivity contribution >= 4 is 0 Å². The fourth-order valence-electron chi connectivity index (χ4n) is 1.31. The molecule has 0 aliphatic carbocycles. The van der Waals surface area contributed by atoms with Gasteiger partial charge in [-0.1, -0.05) is 18.2 Å². The van der Waals surface area contributed by atoms with Gasteiger partial charge in [-0.3, -0.25) is 4.98 Å². The summed E-state index contributed by atoms with van der Waals surface area (Å²) >= 11 is 0. The van der Waals surface area contributed by atoms with Crippen molar-refractivity contribution in [2.45, 2.75) is 6.85 Å². The van der Waals surface area contributed by atoms with Crippen molar-refractivity contribution in [3.63, 3.8) is 0 Å². The highest BCUT2D eigenvalue weighted by Crippen LogP contribution is 2.17. The van der Waals surface area contributed by atoms with Gasteiger partial charge in [0.15, 0.2) is 0 Å². The Bertz CT molecular complexity index is 595. The number of benzene rings is 1. The molecule has 0 amide bonds. The number of pyridine rings is 1. The van der Waals surface area contributed by atoms with Crippen LogP contribution in [0.3, 0.4) is 0 Å². The molecule has 1 aromatic carbocycles. The molecule has 0 spiro atoms. The normalized spacial score (nSPS) is 13.4. The molecule has 0 bridgehead atoms. The molecule has 15 heavy (non-hydrogen) atoms. The van der Waals surface area contributed by atoms with E-state index in [0.29, 0.717) is 11.3 Å². The van der Waals surface area contributed by atoms with Gasteiger partial charge in [0.2, 0.25) is 0 Å². The molecule has 0 N–H and O–H groups in total. The molecule has 0 fully saturated rings. The fourth-order valence-corrected chi connectivity index (χ4v) is 1.31. The molecule has 0 unspecified atom stereocenters. The molecular formula is C13H10N2. The van der Waals surface area contributed by atoms with Crippen LogP contribution in [0, 0.1) is 18.2 Å². The number of hydrogen-bond acceptors (Lipinski definition) is 2. The third-order valence-electron chi connectivity index (χ3n) is 2.05. The van der Waals surface area contributed by atoms with E-state index < -0.39 is 6.85 Å². The molecule has 72 valence electrons. The largest absolute Gasteiger partial charge is 0.256 e. The Morgan fingerprint density at radius 2 is 2.27 bits per heavy atom. The lowest BCUT2D eigenvalue weighted by Crippen LogP contribution is -1.84. The number of hydrogen-bond donors (Lipinski definition) is 0. The first kappa shape index (κ1) is 6.36. The second-order valence-corrected chi connectivity index (χ2v) is 3.12. The van der Waals surface area contributed by atoms with Gasteiger partial charge in [-0.15, -0.1) is 0 Å². The average molecular weight is 197 g/mol. The third-order valence-corrected chi connectivity index (χ3v) is 2.05. The van der Waals surface area contributed by atoms with Crippen molar-refractivity contribution in [1.82, 2.24) is 4.98 Å². The molecule has 2 nitrogen and oxygen atoms in total. The monoisotopic (exact) mass is 197 g/mol. The summed E-state index contributed by atoms with van der Waals surface area (Å²) < 4.78 is 21.8. The predicted octanol–water partition coefficient (Wildman–Crippen LogP) is 2.93. The first-order valence-electron chi connectivity index (χ1n) is 5.98. The standard InChI is InChI=1S/C13H10N2/c1-10-5-6-13(15-9-10)12-4-2-3-11(7-12)8-14/h2-7,9H,1H3/i1D3. The maximum atomic E-state index is 8.81. The lowest BCUT2D eigenvalue weighted by atomic mass is 10.1. The van der Waals surface area contributed by atoms with E-state index in [1.165, 1.54) is 12.3 Å². The van der Waals surface area contributed by atoms with E-state index in [1.807, 2.05) is 6.07 Å². The maximum Gasteiger partial charge on any atom is 0.0991 e. The lowest BCUT2D eigenvalue weighted by Gasteiger charge is -2.01. The lowest BCUT2D eigenvalue weighted by molar-refractivity contribution is 1.27. The first-order chi connectivity index (χ1) is 8.50. The summed E-state index contributed by atoms with van der Waals surface area (Å²) in [6.07, 6.45) is 1.35. The van der Waals surface area contributed by atoms with Crippen LogP contribution in [-0.4, -0.2) is 4.98 Å². The molecule has 2 aromatic rings. The smallest absolute Gasteiger partial charge is 0.0991 e. The minimum Gasteiger partial charge on any atom is -0.256 e. The van der Waals surface area contributed by atoms with Crippen molar-refractivity contribution in [3.05, 3.63) is 53.7 Å². The van der Waals surface area contributed by atoms with Gasteiger partial charge in [0.1, 0.15) is 0 Å². The summed E-state index contributed by atoms with van der Waals surface area (Å²) in [6, 6.07) is 12.3. The minimum absolute atomic E-state index is 0.211. The maximum absolute atomic E-state index is 8.81. The van der Waals surface area contributed by atoms with Crippen LogP contribution in [0.4, 0.5) is 0 Å². The third kappa shape index (κ3) is 2.03. The van der Waals surface area contributed by atoms with Gasteiger partial charge in [-0.2, -0.15) is 5.26 Å². The highest BCUT2D eigenvalue weighted by atomic mass is 14.7. The van der Waals surface area contributed by atoms with E-state index in [-0.39, 0.29) is 5.56 Å². The highest BCUT2D eigenvalue weighted by molar-refractivity contribution is 5.61. The Hall–Kier alpha value is -2.14. The summed E-state index contributed by atoms with van der Waals surface area (Å²) in [7, 11) is 0. The molecule has 0 saturated carbocycles. The van der Waals surface area contributed by atoms with Crippen LogP contribution in [0.5, 0.6) is 0 Å². The van der Waals surface area contributed by atoms with E-state index in [1.54, 1.807) is 24.3 Å². The second-order valence-electron chi connectivity index (χ2n) is 3.12. The topological polar surface area (TPSA) is 36.7 Å². The molecule has 1 aromatic heterocycles. The van der Waals surface area contributed by atoms with Gasteiger partial charge < -0.3 is 0 Å². The van der Waals surface area contributed by atoms with Gasteiger partial charge in [-0.25, -0.2) is 0 Å². The van der Waals surface area contributed by atoms with E-state index in [4.69, 9.17) is 9.37 Å². The van der Waals surface area contributed by atoms with Crippen LogP contribution >= 0.6 is 0 Å². The van der Waals surface area contributed by atoms with Crippen molar-refractivity contribution in [1.29, 1.82) is 5.26 Å². The van der Waals surface area contributed by atoms with Gasteiger partial charge in [0.25, 0.3) is 0 Å². The van der Waals surface area contributed by atoms with Crippen LogP contribution < -0.4 is 0 Å². The number of nitrogens with zero attached hydrogens (tertiary/aromatic N) is 2. The Labute approximate surface area is 93.0 Å². The van der Waals surface area contributed by atoms with E-state index in [2.05, 4.69) is 11.1 Å². The summed E-state index contributed by atoms with van der Waals surface area (Å²) in [4.78, 5) is 4.12. The van der Waals surface area contributed by atoms with Gasteiger partial charge in [-0.05, 0) is 30.6 Å². The molecule has 0 radical (unpaired) electrons. The zero-order valence-electron chi connectivity index (χ0n) is 10.9. The number of aromatic nitrogens is 1. The SMILES string of the molecule is [2H]C([2H])([2H])c1ccc(-c2cccc(C#N)c2)nc1. The Morgan fingerprint density at radius 3 is 2.93 bits per heavy atom. The number of rotatable bonds is 1. The summed E-state index contributed by atoms with van der Waals surface area (Å²) in [6.45, 7) is -2.14. The van der Waals surface area contributed by atoms with Crippen molar-refractivity contribution in [3.8, 4) is 17.3 Å². The summed E-state index contributed by atoms with van der Waals surface area (Å²) in [5.41, 5.74) is 2.21. The molecule has 2 heteroatoms. The average Bonchev–Trinajstić information content (AvgIpc) is 2.38. The second kappa shape index (κ2) is 3.93. The van der Waals surface area contributed by atoms with E-state index in [0.717, 1.165) is 5.56 Å². The number of nitriles is 1. The van der Waals surface area contributed by atoms with Gasteiger partial charge in [0.05, 0.1) is 17.3 Å². The first-order valence-corrected chi connectivity index (χ1v) is 4.48. The number of aryl methyl sites for hydroxylation is 1. The zero-order chi connectivity index (χ0) is 13.2. The van der Waals surface area contributed by atoms with Crippen LogP contribution in [0.1, 0.15) is 15.2 Å². The van der Waals surface area contributed by atoms with Crippen LogP contribution in [0.2, 0.25) is 0 Å². The fraction of sp³-hybridized carbons (Fsp3) is 0.0769. The molecule has 0 aliphatic rings. The van der Waals surface area contributed by atoms with E-state index >= 15 is 0 Å². The molecule has 2 rings (SSSR count). The van der Waals surface area contributed by atoms with Gasteiger partial charge >= 0.3 is 0 Å². The van der Waals surface area contributed by atoms with Crippen molar-refractivity contribution in [2.24, 2.45) is 0 Å². The van der Waals surface area contributed by atoms with Crippen LogP contribution in [-0.2, 0) is 0 Å². The van der Waals surface area contributed by atoms with Crippen molar-refractivity contribution in [2.75, 3.05) is 0 Å². The summed E-state index contributed by atoms with van der Waals surface area (Å²) in [5.74, 6) is 0. The Balaban J connectivity index is 2.38. The molecule has 1 heterocycles. The zero-order valence-corrected chi connectivity index (χ0v) is 7.94. The summed E-state index contributed by atoms with van der Waals surface area (Å²) in [5, 5.41) is 8.81. The predicted molar refractivity (Wildman–Crippen MR) is 59.1 cm³/mol. The van der Waals surface area contributed by atoms with Crippen LogP contribution in [0.15, 0.2) is 42.6 Å². The molecule has 0 saturated heterocycles. The van der Waals surface area contributed by atoms with Crippen LogP contribution in [0.25, 0.3) is 11.3 Å². The van der Waals surface area contributed by atoms with Gasteiger partial charge in [0, 0.05) is 15.9 Å². The van der Waals surface area contributed by atoms with Crippen molar-refractivity contribution < 1.29 is 4.11 Å². The Morgan fingerprint density at radius 1 is 1.33 bits per heavy atom. The highest BCUT2D eigenvalue weighted by Gasteiger charge is 1.99. The quantitative estimate of drug-likeness (QED) is 0.704. The molecule has 0 aliphatic heterocycles. The minimum atomic E-state index is -2.14.